The summed E-state index contributed by atoms with van der Waals surface area (Å²) in [5, 5.41) is 5.48. The number of fused-ring (bicyclic) bond motifs is 1. The fourth-order valence-electron chi connectivity index (χ4n) is 3.77. The monoisotopic (exact) mass is 362 g/mol. The van der Waals surface area contributed by atoms with E-state index in [0.717, 1.165) is 17.7 Å². The van der Waals surface area contributed by atoms with Crippen LogP contribution in [-0.2, 0) is 12.8 Å². The largest absolute Gasteiger partial charge is 0.354 e. The van der Waals surface area contributed by atoms with E-state index in [0.29, 0.717) is 17.7 Å². The molecule has 1 atom stereocenters. The predicted molar refractivity (Wildman–Crippen MR) is 109 cm³/mol. The Morgan fingerprint density at radius 1 is 1.11 bits per heavy atom. The lowest BCUT2D eigenvalue weighted by Crippen LogP contribution is -2.34. The Hall–Kier alpha value is -2.88. The molecule has 1 unspecified atom stereocenters. The van der Waals surface area contributed by atoms with Crippen LogP contribution in [0.15, 0.2) is 42.5 Å². The zero-order chi connectivity index (χ0) is 19.6. The van der Waals surface area contributed by atoms with Crippen molar-refractivity contribution in [3.05, 3.63) is 70.5 Å². The van der Waals surface area contributed by atoms with Gasteiger partial charge in [0.2, 0.25) is 0 Å². The van der Waals surface area contributed by atoms with Crippen LogP contribution in [0.1, 0.15) is 58.4 Å². The van der Waals surface area contributed by atoms with Gasteiger partial charge < -0.3 is 10.3 Å². The van der Waals surface area contributed by atoms with Crippen molar-refractivity contribution in [1.29, 1.82) is 0 Å². The molecule has 2 N–H and O–H groups in total. The van der Waals surface area contributed by atoms with Gasteiger partial charge in [0.05, 0.1) is 0 Å². The Balaban J connectivity index is 1.75. The van der Waals surface area contributed by atoms with Crippen molar-refractivity contribution in [3.8, 4) is 0 Å². The van der Waals surface area contributed by atoms with E-state index in [1.54, 1.807) is 6.92 Å². The van der Waals surface area contributed by atoms with Crippen molar-refractivity contribution >= 4 is 22.5 Å². The Bertz CT molecular complexity index is 1000. The Morgan fingerprint density at radius 3 is 2.48 bits per heavy atom. The zero-order valence-corrected chi connectivity index (χ0v) is 16.3. The maximum atomic E-state index is 12.8. The summed E-state index contributed by atoms with van der Waals surface area (Å²) in [5.41, 5.74) is 3.89. The summed E-state index contributed by atoms with van der Waals surface area (Å²) in [6.07, 6.45) is 1.39. The topological polar surface area (TPSA) is 62.0 Å². The summed E-state index contributed by atoms with van der Waals surface area (Å²) in [5.74, 6) is -0.167. The van der Waals surface area contributed by atoms with Crippen molar-refractivity contribution in [2.24, 2.45) is 0 Å². The fraction of sp³-hybridized carbons (Fsp3) is 0.304. The number of aromatic amines is 1. The quantitative estimate of drug-likeness (QED) is 0.629. The van der Waals surface area contributed by atoms with E-state index in [4.69, 9.17) is 0 Å². The number of nitrogens with one attached hydrogen (secondary N) is 2. The smallest absolute Gasteiger partial charge is 0.268 e. The van der Waals surface area contributed by atoms with Crippen molar-refractivity contribution < 1.29 is 9.59 Å². The second-order valence-electron chi connectivity index (χ2n) is 7.15. The molecule has 0 spiro atoms. The molecule has 0 saturated carbocycles. The standard InChI is InChI=1S/C23H26N2O2/c1-5-20-21(16(4)26)15(3)25-22(20)23(27)24-14(2)12-17-10-11-18-8-6-7-9-19(18)13-17/h6-11,13-14,25H,5,12H2,1-4H3,(H,24,27). The molecule has 1 heterocycles. The lowest BCUT2D eigenvalue weighted by atomic mass is 10.0. The SMILES string of the molecule is CCc1c(C(=O)NC(C)Cc2ccc3ccccc3c2)[nH]c(C)c1C(C)=O. The third-order valence-corrected chi connectivity index (χ3v) is 4.96. The molecule has 0 bridgehead atoms. The lowest BCUT2D eigenvalue weighted by Gasteiger charge is -2.15. The number of H-pyrrole nitrogens is 1. The molecule has 1 aromatic heterocycles. The van der Waals surface area contributed by atoms with Crippen LogP contribution in [0.2, 0.25) is 0 Å². The van der Waals surface area contributed by atoms with Crippen molar-refractivity contribution in [3.63, 3.8) is 0 Å². The van der Waals surface area contributed by atoms with Crippen molar-refractivity contribution in [2.75, 3.05) is 0 Å². The van der Waals surface area contributed by atoms with Crippen LogP contribution in [0, 0.1) is 6.92 Å². The maximum absolute atomic E-state index is 12.8. The number of carbonyl (C=O) groups is 2. The van der Waals surface area contributed by atoms with E-state index in [1.165, 1.54) is 16.3 Å². The highest BCUT2D eigenvalue weighted by atomic mass is 16.2. The normalized spacial score (nSPS) is 12.1. The second kappa shape index (κ2) is 7.78. The number of benzene rings is 2. The van der Waals surface area contributed by atoms with Gasteiger partial charge in [0, 0.05) is 17.3 Å². The minimum absolute atomic E-state index is 0.0103. The highest BCUT2D eigenvalue weighted by molar-refractivity contribution is 6.02. The van der Waals surface area contributed by atoms with E-state index in [1.807, 2.05) is 32.9 Å². The van der Waals surface area contributed by atoms with Crippen LogP contribution in [0.5, 0.6) is 0 Å². The Kier molecular flexibility index (Phi) is 5.45. The molecule has 140 valence electrons. The molecule has 4 nitrogen and oxygen atoms in total. The Labute approximate surface area is 160 Å². The predicted octanol–water partition coefficient (Wildman–Crippen LogP) is 4.60. The van der Waals surface area contributed by atoms with E-state index >= 15 is 0 Å². The summed E-state index contributed by atoms with van der Waals surface area (Å²) in [6, 6.07) is 14.6. The van der Waals surface area contributed by atoms with Gasteiger partial charge in [0.25, 0.3) is 5.91 Å². The molecule has 0 aliphatic heterocycles. The molecule has 3 rings (SSSR count). The average molecular weight is 362 g/mol. The fourth-order valence-corrected chi connectivity index (χ4v) is 3.77. The molecule has 27 heavy (non-hydrogen) atoms. The first-order valence-electron chi connectivity index (χ1n) is 9.41. The molecule has 1 amide bonds. The number of rotatable bonds is 6. The average Bonchev–Trinajstić information content (AvgIpc) is 2.98. The lowest BCUT2D eigenvalue weighted by molar-refractivity contribution is 0.0934. The number of aryl methyl sites for hydroxylation is 1. The van der Waals surface area contributed by atoms with Crippen LogP contribution in [-0.4, -0.2) is 22.7 Å². The molecule has 0 saturated heterocycles. The van der Waals surface area contributed by atoms with Gasteiger partial charge in [-0.2, -0.15) is 0 Å². The number of carbonyl (C=O) groups excluding carboxylic acids is 2. The molecule has 0 aliphatic carbocycles. The van der Waals surface area contributed by atoms with E-state index in [-0.39, 0.29) is 17.7 Å². The first kappa shape index (κ1) is 18.9. The third-order valence-electron chi connectivity index (χ3n) is 4.96. The van der Waals surface area contributed by atoms with Gasteiger partial charge in [0.15, 0.2) is 5.78 Å². The van der Waals surface area contributed by atoms with E-state index < -0.39 is 0 Å². The van der Waals surface area contributed by atoms with Crippen molar-refractivity contribution in [1.82, 2.24) is 10.3 Å². The zero-order valence-electron chi connectivity index (χ0n) is 16.3. The van der Waals surface area contributed by atoms with Crippen LogP contribution in [0.3, 0.4) is 0 Å². The second-order valence-corrected chi connectivity index (χ2v) is 7.15. The van der Waals surface area contributed by atoms with Gasteiger partial charge in [-0.25, -0.2) is 0 Å². The Morgan fingerprint density at radius 2 is 1.81 bits per heavy atom. The minimum atomic E-state index is -0.157. The van der Waals surface area contributed by atoms with Gasteiger partial charge in [0.1, 0.15) is 5.69 Å². The number of ketones is 1. The summed E-state index contributed by atoms with van der Waals surface area (Å²) in [4.78, 5) is 27.8. The number of hydrogen-bond donors (Lipinski definition) is 2. The summed E-state index contributed by atoms with van der Waals surface area (Å²) >= 11 is 0. The van der Waals surface area contributed by atoms with Crippen LogP contribution in [0.4, 0.5) is 0 Å². The van der Waals surface area contributed by atoms with E-state index in [9.17, 15) is 9.59 Å². The van der Waals surface area contributed by atoms with Gasteiger partial charge in [-0.15, -0.1) is 0 Å². The van der Waals surface area contributed by atoms with Gasteiger partial charge in [-0.3, -0.25) is 9.59 Å². The summed E-state index contributed by atoms with van der Waals surface area (Å²) < 4.78 is 0. The van der Waals surface area contributed by atoms with Crippen LogP contribution in [0.25, 0.3) is 10.8 Å². The van der Waals surface area contributed by atoms with Gasteiger partial charge in [-0.05, 0) is 55.5 Å². The first-order valence-corrected chi connectivity index (χ1v) is 9.41. The van der Waals surface area contributed by atoms with Crippen LogP contribution < -0.4 is 5.32 Å². The van der Waals surface area contributed by atoms with E-state index in [2.05, 4.69) is 40.6 Å². The molecule has 3 aromatic rings. The number of hydrogen-bond acceptors (Lipinski definition) is 2. The highest BCUT2D eigenvalue weighted by Crippen LogP contribution is 2.21. The molecular formula is C23H26N2O2. The van der Waals surface area contributed by atoms with Crippen LogP contribution >= 0.6 is 0 Å². The van der Waals surface area contributed by atoms with Crippen molar-refractivity contribution in [2.45, 2.75) is 46.6 Å². The van der Waals surface area contributed by atoms with Gasteiger partial charge in [-0.1, -0.05) is 49.4 Å². The molecule has 2 aromatic carbocycles. The summed E-state index contributed by atoms with van der Waals surface area (Å²) in [6.45, 7) is 7.34. The molecule has 0 fully saturated rings. The molecular weight excluding hydrogens is 336 g/mol. The number of Topliss-reactive ketones (excluding diaryl/α,β-unsaturated/α-hetero) is 1. The summed E-state index contributed by atoms with van der Waals surface area (Å²) in [7, 11) is 0. The third kappa shape index (κ3) is 3.95. The minimum Gasteiger partial charge on any atom is -0.354 e. The highest BCUT2D eigenvalue weighted by Gasteiger charge is 2.22. The maximum Gasteiger partial charge on any atom is 0.268 e. The molecule has 0 aliphatic rings. The first-order chi connectivity index (χ1) is 12.9. The van der Waals surface area contributed by atoms with Gasteiger partial charge >= 0.3 is 0 Å². The molecule has 4 heteroatoms. The number of aromatic nitrogens is 1. The molecule has 0 radical (unpaired) electrons. The number of amides is 1.